The average molecular weight is 841 g/mol. The highest BCUT2D eigenvalue weighted by Crippen LogP contribution is 2.43. The first-order chi connectivity index (χ1) is 28.1. The molecule has 0 aromatic carbocycles. The lowest BCUT2D eigenvalue weighted by molar-refractivity contribution is -0.870. The fraction of sp³-hybridized carbons (Fsp3) is 0.857. The van der Waals surface area contributed by atoms with Gasteiger partial charge >= 0.3 is 13.8 Å². The molecule has 58 heavy (non-hydrogen) atoms. The molecule has 0 radical (unpaired) electrons. The van der Waals surface area contributed by atoms with E-state index < -0.39 is 13.9 Å². The molecule has 9 heteroatoms. The highest BCUT2D eigenvalue weighted by atomic mass is 31.2. The summed E-state index contributed by atoms with van der Waals surface area (Å²) in [6.45, 7) is 5.60. The number of likely N-dealkylation sites (N-methyl/N-ethyl adjacent to an activating group) is 1. The van der Waals surface area contributed by atoms with Crippen LogP contribution in [0.4, 0.5) is 0 Å². The smallest absolute Gasteiger partial charge is 0.457 e. The van der Waals surface area contributed by atoms with E-state index in [1.807, 2.05) is 21.1 Å². The van der Waals surface area contributed by atoms with Crippen LogP contribution in [0.2, 0.25) is 0 Å². The molecule has 0 rings (SSSR count). The van der Waals surface area contributed by atoms with Gasteiger partial charge in [0.25, 0.3) is 0 Å². The largest absolute Gasteiger partial charge is 0.472 e. The van der Waals surface area contributed by atoms with Crippen LogP contribution in [0.5, 0.6) is 0 Å². The minimum atomic E-state index is -4.28. The number of hydrogen-bond donors (Lipinski definition) is 1. The fourth-order valence-electron chi connectivity index (χ4n) is 6.64. The zero-order chi connectivity index (χ0) is 42.7. The van der Waals surface area contributed by atoms with Crippen molar-refractivity contribution in [2.24, 2.45) is 0 Å². The minimum absolute atomic E-state index is 0.0866. The molecule has 2 unspecified atom stereocenters. The molecule has 0 saturated carbocycles. The average Bonchev–Trinajstić information content (AvgIpc) is 3.18. The molecule has 0 aliphatic heterocycles. The predicted molar refractivity (Wildman–Crippen MR) is 247 cm³/mol. The Kier molecular flexibility index (Phi) is 41.5. The second-order valence-corrected chi connectivity index (χ2v) is 18.9. The summed E-state index contributed by atoms with van der Waals surface area (Å²) in [5.41, 5.74) is 0. The first-order valence-electron chi connectivity index (χ1n) is 24.2. The van der Waals surface area contributed by atoms with Gasteiger partial charge in [-0.05, 0) is 70.6 Å². The van der Waals surface area contributed by atoms with Crippen molar-refractivity contribution in [3.8, 4) is 0 Å². The SMILES string of the molecule is CCCCCCC/C=C\C/C=C\CCCCCCCCCCCCOCC(COP(=O)(O)OCC[N+](C)(C)C)OC(=O)CCCCCCC/C=C\CCCCCCC. The van der Waals surface area contributed by atoms with E-state index in [9.17, 15) is 14.3 Å². The van der Waals surface area contributed by atoms with Crippen molar-refractivity contribution in [2.75, 3.05) is 54.1 Å². The molecule has 2 atom stereocenters. The van der Waals surface area contributed by atoms with E-state index in [1.165, 1.54) is 141 Å². The lowest BCUT2D eigenvalue weighted by atomic mass is 10.1. The van der Waals surface area contributed by atoms with Crippen molar-refractivity contribution >= 4 is 13.8 Å². The molecule has 0 fully saturated rings. The molecule has 0 bridgehead atoms. The van der Waals surface area contributed by atoms with Crippen molar-refractivity contribution < 1.29 is 37.3 Å². The molecule has 0 aliphatic carbocycles. The van der Waals surface area contributed by atoms with E-state index >= 15 is 0 Å². The Bertz CT molecular complexity index is 1020. The molecule has 0 amide bonds. The van der Waals surface area contributed by atoms with Crippen molar-refractivity contribution in [1.29, 1.82) is 0 Å². The topological polar surface area (TPSA) is 91.3 Å². The Hall–Kier alpha value is -1.28. The van der Waals surface area contributed by atoms with Gasteiger partial charge in [0.15, 0.2) is 0 Å². The first kappa shape index (κ1) is 56.7. The van der Waals surface area contributed by atoms with Gasteiger partial charge in [-0.2, -0.15) is 0 Å². The summed E-state index contributed by atoms with van der Waals surface area (Å²) in [7, 11) is 1.66. The number of carbonyl (C=O) groups excluding carboxylic acids is 1. The van der Waals surface area contributed by atoms with Crippen LogP contribution in [0.15, 0.2) is 36.5 Å². The van der Waals surface area contributed by atoms with Gasteiger partial charge < -0.3 is 18.9 Å². The maximum atomic E-state index is 12.7. The predicted octanol–water partition coefficient (Wildman–Crippen LogP) is 14.6. The summed E-state index contributed by atoms with van der Waals surface area (Å²) in [6.07, 6.45) is 50.4. The zero-order valence-corrected chi connectivity index (χ0v) is 39.7. The number of esters is 1. The standard InChI is InChI=1S/C49H94NO7P/c1-6-8-10-12-14-16-18-20-22-23-24-25-26-27-28-29-31-33-35-37-39-41-44-54-46-48(47-56-58(52,53)55-45-43-50(3,4)5)57-49(51)42-40-38-36-34-32-30-21-19-17-15-13-11-9-7-2/h18-21,23-24,48H,6-17,22,25-47H2,1-5H3/p+1/b20-18-,21-19-,24-23-. The van der Waals surface area contributed by atoms with Crippen molar-refractivity contribution in [2.45, 2.75) is 219 Å². The molecule has 342 valence electrons. The van der Waals surface area contributed by atoms with Gasteiger partial charge in [-0.1, -0.05) is 172 Å². The number of ether oxygens (including phenoxy) is 2. The number of rotatable bonds is 45. The van der Waals surface area contributed by atoms with E-state index in [4.69, 9.17) is 18.5 Å². The third-order valence-electron chi connectivity index (χ3n) is 10.4. The molecular formula is C49H95NO7P+. The van der Waals surface area contributed by atoms with Crippen LogP contribution in [0.25, 0.3) is 0 Å². The van der Waals surface area contributed by atoms with Crippen LogP contribution in [0.1, 0.15) is 213 Å². The summed E-state index contributed by atoms with van der Waals surface area (Å²) >= 11 is 0. The number of hydrogen-bond acceptors (Lipinski definition) is 6. The number of phosphoric acid groups is 1. The molecule has 0 saturated heterocycles. The maximum Gasteiger partial charge on any atom is 0.472 e. The lowest BCUT2D eigenvalue weighted by Crippen LogP contribution is -2.37. The molecule has 8 nitrogen and oxygen atoms in total. The van der Waals surface area contributed by atoms with Crippen molar-refractivity contribution in [1.82, 2.24) is 0 Å². The summed E-state index contributed by atoms with van der Waals surface area (Å²) < 4.78 is 35.1. The Morgan fingerprint density at radius 1 is 0.534 bits per heavy atom. The van der Waals surface area contributed by atoms with Gasteiger partial charge in [-0.25, -0.2) is 4.57 Å². The Labute approximate surface area is 359 Å². The van der Waals surface area contributed by atoms with Gasteiger partial charge in [-0.15, -0.1) is 0 Å². The van der Waals surface area contributed by atoms with Crippen molar-refractivity contribution in [3.05, 3.63) is 36.5 Å². The molecular weight excluding hydrogens is 746 g/mol. The van der Waals surface area contributed by atoms with Crippen LogP contribution < -0.4 is 0 Å². The first-order valence-corrected chi connectivity index (χ1v) is 25.7. The molecule has 0 aliphatic rings. The van der Waals surface area contributed by atoms with Crippen LogP contribution in [-0.2, 0) is 27.9 Å². The van der Waals surface area contributed by atoms with Crippen LogP contribution in [-0.4, -0.2) is 75.6 Å². The second kappa shape index (κ2) is 42.4. The zero-order valence-electron chi connectivity index (χ0n) is 38.8. The summed E-state index contributed by atoms with van der Waals surface area (Å²) in [4.78, 5) is 22.9. The third-order valence-corrected chi connectivity index (χ3v) is 11.4. The van der Waals surface area contributed by atoms with Crippen LogP contribution in [0, 0.1) is 0 Å². The molecule has 0 spiro atoms. The van der Waals surface area contributed by atoms with Crippen LogP contribution >= 0.6 is 7.82 Å². The Morgan fingerprint density at radius 3 is 1.41 bits per heavy atom. The third kappa shape index (κ3) is 45.8. The van der Waals surface area contributed by atoms with Crippen LogP contribution in [0.3, 0.4) is 0 Å². The normalized spacial score (nSPS) is 14.0. The highest BCUT2D eigenvalue weighted by Gasteiger charge is 2.26. The molecule has 0 aromatic rings. The number of quaternary nitrogens is 1. The fourth-order valence-corrected chi connectivity index (χ4v) is 7.38. The Morgan fingerprint density at radius 2 is 0.948 bits per heavy atom. The number of allylic oxidation sites excluding steroid dienone is 6. The monoisotopic (exact) mass is 841 g/mol. The second-order valence-electron chi connectivity index (χ2n) is 17.5. The van der Waals surface area contributed by atoms with E-state index in [1.54, 1.807) is 0 Å². The van der Waals surface area contributed by atoms with E-state index in [0.29, 0.717) is 24.1 Å². The number of unbranched alkanes of at least 4 members (excludes halogenated alkanes) is 25. The maximum absolute atomic E-state index is 12.7. The number of phosphoric ester groups is 1. The van der Waals surface area contributed by atoms with Gasteiger partial charge in [0.2, 0.25) is 0 Å². The van der Waals surface area contributed by atoms with Crippen molar-refractivity contribution in [3.63, 3.8) is 0 Å². The van der Waals surface area contributed by atoms with Gasteiger partial charge in [0.1, 0.15) is 19.3 Å². The lowest BCUT2D eigenvalue weighted by Gasteiger charge is -2.24. The number of nitrogens with zero attached hydrogens (tertiary/aromatic N) is 1. The number of carbonyl (C=O) groups is 1. The summed E-state index contributed by atoms with van der Waals surface area (Å²) in [6, 6.07) is 0. The summed E-state index contributed by atoms with van der Waals surface area (Å²) in [5, 5.41) is 0. The van der Waals surface area contributed by atoms with E-state index in [-0.39, 0.29) is 25.8 Å². The molecule has 0 aromatic heterocycles. The van der Waals surface area contributed by atoms with Gasteiger partial charge in [-0.3, -0.25) is 13.8 Å². The summed E-state index contributed by atoms with van der Waals surface area (Å²) in [5.74, 6) is -0.323. The molecule has 1 N–H and O–H groups in total. The highest BCUT2D eigenvalue weighted by molar-refractivity contribution is 7.47. The minimum Gasteiger partial charge on any atom is -0.457 e. The van der Waals surface area contributed by atoms with E-state index in [2.05, 4.69) is 50.3 Å². The quantitative estimate of drug-likeness (QED) is 0.0215. The molecule has 0 heterocycles. The van der Waals surface area contributed by atoms with E-state index in [0.717, 1.165) is 51.4 Å². The van der Waals surface area contributed by atoms with Gasteiger partial charge in [0, 0.05) is 13.0 Å². The van der Waals surface area contributed by atoms with Gasteiger partial charge in [0.05, 0.1) is 34.4 Å². The Balaban J connectivity index is 4.15.